The Kier molecular flexibility index (Phi) is 6.12. The van der Waals surface area contributed by atoms with E-state index in [1.807, 2.05) is 50.2 Å². The largest absolute Gasteiger partial charge is 0.504 e. The van der Waals surface area contributed by atoms with E-state index in [2.05, 4.69) is 4.98 Å². The molecule has 1 heterocycles. The zero-order chi connectivity index (χ0) is 21.8. The zero-order valence-corrected chi connectivity index (χ0v) is 17.2. The van der Waals surface area contributed by atoms with Gasteiger partial charge in [0.05, 0.1) is 18.5 Å². The van der Waals surface area contributed by atoms with E-state index in [0.29, 0.717) is 10.9 Å². The van der Waals surface area contributed by atoms with E-state index in [1.165, 1.54) is 0 Å². The molecule has 30 heavy (non-hydrogen) atoms. The van der Waals surface area contributed by atoms with Gasteiger partial charge in [-0.05, 0) is 49.1 Å². The Hall–Kier alpha value is -3.72. The lowest BCUT2D eigenvalue weighted by Crippen LogP contribution is -2.10. The van der Waals surface area contributed by atoms with Gasteiger partial charge in [-0.2, -0.15) is 5.26 Å². The first kappa shape index (κ1) is 21.0. The molecule has 6 heteroatoms. The molecule has 0 saturated heterocycles. The van der Waals surface area contributed by atoms with Crippen LogP contribution in [0.2, 0.25) is 0 Å². The molecule has 6 nitrogen and oxygen atoms in total. The molecule has 0 fully saturated rings. The second kappa shape index (κ2) is 8.75. The molecule has 0 aliphatic heterocycles. The van der Waals surface area contributed by atoms with Gasteiger partial charge in [0.1, 0.15) is 17.3 Å². The number of carbonyl (C=O) groups is 2. The van der Waals surface area contributed by atoms with Crippen LogP contribution in [0.4, 0.5) is 0 Å². The number of esters is 1. The Bertz CT molecular complexity index is 1170. The SMILES string of the molecule is CCOC(=O)CCC(=O)c1nc2cc(-c3c(C)cccc3C)ccc2c(C#N)c1O. The van der Waals surface area contributed by atoms with Crippen LogP contribution >= 0.6 is 0 Å². The number of pyridine rings is 1. The van der Waals surface area contributed by atoms with Crippen molar-refractivity contribution in [2.24, 2.45) is 0 Å². The Morgan fingerprint density at radius 3 is 2.47 bits per heavy atom. The topological polar surface area (TPSA) is 100 Å². The molecule has 0 saturated carbocycles. The van der Waals surface area contributed by atoms with E-state index in [0.717, 1.165) is 22.3 Å². The lowest BCUT2D eigenvalue weighted by Gasteiger charge is -2.12. The molecule has 0 atom stereocenters. The molecule has 0 aliphatic carbocycles. The molecule has 0 bridgehead atoms. The van der Waals surface area contributed by atoms with Gasteiger partial charge in [-0.1, -0.05) is 30.3 Å². The van der Waals surface area contributed by atoms with Gasteiger partial charge < -0.3 is 9.84 Å². The number of aromatic hydroxyl groups is 1. The van der Waals surface area contributed by atoms with Crippen LogP contribution in [0.5, 0.6) is 5.75 Å². The number of Topliss-reactive ketones (excluding diaryl/α,β-unsaturated/α-hetero) is 1. The fraction of sp³-hybridized carbons (Fsp3) is 0.250. The number of rotatable bonds is 6. The fourth-order valence-electron chi connectivity index (χ4n) is 3.55. The summed E-state index contributed by atoms with van der Waals surface area (Å²) in [5, 5.41) is 20.5. The third-order valence-electron chi connectivity index (χ3n) is 4.97. The number of nitrogens with zero attached hydrogens (tertiary/aromatic N) is 2. The Morgan fingerprint density at radius 2 is 1.83 bits per heavy atom. The average molecular weight is 402 g/mol. The summed E-state index contributed by atoms with van der Waals surface area (Å²) in [7, 11) is 0. The number of fused-ring (bicyclic) bond motifs is 1. The summed E-state index contributed by atoms with van der Waals surface area (Å²) in [6, 6.07) is 13.4. The van der Waals surface area contributed by atoms with Crippen molar-refractivity contribution in [1.29, 1.82) is 5.26 Å². The average Bonchev–Trinajstić information content (AvgIpc) is 2.71. The maximum Gasteiger partial charge on any atom is 0.306 e. The van der Waals surface area contributed by atoms with E-state index in [9.17, 15) is 20.0 Å². The number of ketones is 1. The molecule has 0 unspecified atom stereocenters. The highest BCUT2D eigenvalue weighted by Crippen LogP contribution is 2.34. The minimum absolute atomic E-state index is 0.00691. The summed E-state index contributed by atoms with van der Waals surface area (Å²) in [6.07, 6.45) is -0.275. The zero-order valence-electron chi connectivity index (χ0n) is 17.2. The molecule has 3 rings (SSSR count). The van der Waals surface area contributed by atoms with Crippen LogP contribution in [0.15, 0.2) is 36.4 Å². The monoisotopic (exact) mass is 402 g/mol. The van der Waals surface area contributed by atoms with Crippen LogP contribution in [0, 0.1) is 25.2 Å². The Balaban J connectivity index is 2.09. The summed E-state index contributed by atoms with van der Waals surface area (Å²) in [4.78, 5) is 28.5. The van der Waals surface area contributed by atoms with Crippen molar-refractivity contribution in [1.82, 2.24) is 4.98 Å². The second-order valence-electron chi connectivity index (χ2n) is 7.02. The highest BCUT2D eigenvalue weighted by Gasteiger charge is 2.21. The van der Waals surface area contributed by atoms with Crippen molar-refractivity contribution in [3.05, 3.63) is 58.8 Å². The van der Waals surface area contributed by atoms with Crippen molar-refractivity contribution in [2.75, 3.05) is 6.61 Å². The maximum absolute atomic E-state index is 12.6. The number of aromatic nitrogens is 1. The number of carbonyl (C=O) groups excluding carboxylic acids is 2. The van der Waals surface area contributed by atoms with Crippen molar-refractivity contribution >= 4 is 22.7 Å². The van der Waals surface area contributed by atoms with Crippen LogP contribution in [0.25, 0.3) is 22.0 Å². The van der Waals surface area contributed by atoms with Crippen LogP contribution in [-0.4, -0.2) is 28.4 Å². The first-order valence-electron chi connectivity index (χ1n) is 9.69. The van der Waals surface area contributed by atoms with Crippen LogP contribution in [0.3, 0.4) is 0 Å². The first-order chi connectivity index (χ1) is 14.4. The Morgan fingerprint density at radius 1 is 1.13 bits per heavy atom. The number of hydrogen-bond acceptors (Lipinski definition) is 6. The predicted molar refractivity (Wildman–Crippen MR) is 113 cm³/mol. The number of hydrogen-bond donors (Lipinski definition) is 1. The Labute approximate surface area is 174 Å². The van der Waals surface area contributed by atoms with E-state index < -0.39 is 17.5 Å². The highest BCUT2D eigenvalue weighted by atomic mass is 16.5. The summed E-state index contributed by atoms with van der Waals surface area (Å²) >= 11 is 0. The minimum atomic E-state index is -0.517. The number of nitriles is 1. The summed E-state index contributed by atoms with van der Waals surface area (Å²) < 4.78 is 4.83. The minimum Gasteiger partial charge on any atom is -0.504 e. The molecule has 0 radical (unpaired) electrons. The van der Waals surface area contributed by atoms with E-state index in [1.54, 1.807) is 13.0 Å². The standard InChI is InChI=1S/C24H22N2O4/c1-4-30-21(28)11-10-20(27)23-24(29)18(13-25)17-9-8-16(12-19(17)26-23)22-14(2)6-5-7-15(22)3/h5-9,12,29H,4,10-11H2,1-3H3. The third-order valence-corrected chi connectivity index (χ3v) is 4.97. The van der Waals surface area contributed by atoms with Crippen LogP contribution in [-0.2, 0) is 9.53 Å². The maximum atomic E-state index is 12.6. The number of aryl methyl sites for hydroxylation is 2. The molecule has 1 aromatic heterocycles. The molecule has 0 amide bonds. The van der Waals surface area contributed by atoms with Gasteiger partial charge in [-0.3, -0.25) is 9.59 Å². The second-order valence-corrected chi connectivity index (χ2v) is 7.02. The summed E-state index contributed by atoms with van der Waals surface area (Å²) in [5.74, 6) is -1.47. The molecule has 2 aromatic carbocycles. The van der Waals surface area contributed by atoms with Gasteiger partial charge in [0.2, 0.25) is 0 Å². The molecular weight excluding hydrogens is 380 g/mol. The summed E-state index contributed by atoms with van der Waals surface area (Å²) in [6.45, 7) is 5.94. The summed E-state index contributed by atoms with van der Waals surface area (Å²) in [5.41, 5.74) is 4.38. The number of ether oxygens (including phenoxy) is 1. The normalized spacial score (nSPS) is 10.6. The smallest absolute Gasteiger partial charge is 0.306 e. The highest BCUT2D eigenvalue weighted by molar-refractivity contribution is 6.03. The molecule has 3 aromatic rings. The van der Waals surface area contributed by atoms with Crippen LogP contribution in [0.1, 0.15) is 46.9 Å². The van der Waals surface area contributed by atoms with Crippen LogP contribution < -0.4 is 0 Å². The van der Waals surface area contributed by atoms with Crippen molar-refractivity contribution < 1.29 is 19.4 Å². The fourth-order valence-corrected chi connectivity index (χ4v) is 3.55. The van der Waals surface area contributed by atoms with Crippen molar-refractivity contribution in [2.45, 2.75) is 33.6 Å². The van der Waals surface area contributed by atoms with Gasteiger partial charge in [-0.15, -0.1) is 0 Å². The lowest BCUT2D eigenvalue weighted by atomic mass is 9.94. The van der Waals surface area contributed by atoms with E-state index >= 15 is 0 Å². The molecular formula is C24H22N2O4. The van der Waals surface area contributed by atoms with Crippen molar-refractivity contribution in [3.8, 4) is 22.9 Å². The molecule has 0 spiro atoms. The van der Waals surface area contributed by atoms with Gasteiger partial charge >= 0.3 is 5.97 Å². The molecule has 0 aliphatic rings. The quantitative estimate of drug-likeness (QED) is 0.477. The van der Waals surface area contributed by atoms with Gasteiger partial charge in [0.15, 0.2) is 11.5 Å². The van der Waals surface area contributed by atoms with Gasteiger partial charge in [0, 0.05) is 11.8 Å². The van der Waals surface area contributed by atoms with Gasteiger partial charge in [-0.25, -0.2) is 4.98 Å². The first-order valence-corrected chi connectivity index (χ1v) is 9.69. The predicted octanol–water partition coefficient (Wildman–Crippen LogP) is 4.62. The lowest BCUT2D eigenvalue weighted by molar-refractivity contribution is -0.143. The molecule has 1 N–H and O–H groups in total. The third kappa shape index (κ3) is 4.01. The number of benzene rings is 2. The van der Waals surface area contributed by atoms with Gasteiger partial charge in [0.25, 0.3) is 0 Å². The van der Waals surface area contributed by atoms with Crippen molar-refractivity contribution in [3.63, 3.8) is 0 Å². The van der Waals surface area contributed by atoms with E-state index in [-0.39, 0.29) is 30.7 Å². The van der Waals surface area contributed by atoms with E-state index in [4.69, 9.17) is 4.74 Å². The molecule has 152 valence electrons.